The molecule has 1 heterocycles. The Kier molecular flexibility index (Phi) is 4.37. The summed E-state index contributed by atoms with van der Waals surface area (Å²) in [7, 11) is 1.98. The van der Waals surface area contributed by atoms with E-state index in [4.69, 9.17) is 0 Å². The summed E-state index contributed by atoms with van der Waals surface area (Å²) in [5.74, 6) is 0.722. The summed E-state index contributed by atoms with van der Waals surface area (Å²) in [6, 6.07) is 5.12. The van der Waals surface area contributed by atoms with Crippen LogP contribution in [-0.2, 0) is 0 Å². The summed E-state index contributed by atoms with van der Waals surface area (Å²) >= 11 is 0. The lowest BCUT2D eigenvalue weighted by atomic mass is 9.96. The molecule has 1 aliphatic heterocycles. The van der Waals surface area contributed by atoms with Crippen molar-refractivity contribution in [3.63, 3.8) is 0 Å². The van der Waals surface area contributed by atoms with Crippen molar-refractivity contribution in [2.75, 3.05) is 31.6 Å². The van der Waals surface area contributed by atoms with Gasteiger partial charge in [-0.15, -0.1) is 0 Å². The van der Waals surface area contributed by atoms with Gasteiger partial charge in [0.15, 0.2) is 0 Å². The lowest BCUT2D eigenvalue weighted by Gasteiger charge is -2.34. The summed E-state index contributed by atoms with van der Waals surface area (Å²) in [5.41, 5.74) is 2.30. The van der Waals surface area contributed by atoms with Crippen molar-refractivity contribution < 1.29 is 4.92 Å². The van der Waals surface area contributed by atoms with Crippen LogP contribution in [0.2, 0.25) is 0 Å². The molecule has 104 valence electrons. The third-order valence-electron chi connectivity index (χ3n) is 3.85. The second-order valence-corrected chi connectivity index (χ2v) is 5.22. The average Bonchev–Trinajstić information content (AvgIpc) is 2.40. The van der Waals surface area contributed by atoms with Gasteiger partial charge < -0.3 is 10.2 Å². The zero-order chi connectivity index (χ0) is 13.8. The van der Waals surface area contributed by atoms with Gasteiger partial charge in [0.25, 0.3) is 5.69 Å². The van der Waals surface area contributed by atoms with Crippen molar-refractivity contribution in [1.82, 2.24) is 5.32 Å². The van der Waals surface area contributed by atoms with Crippen molar-refractivity contribution in [3.05, 3.63) is 33.9 Å². The van der Waals surface area contributed by atoms with Gasteiger partial charge in [-0.3, -0.25) is 10.1 Å². The largest absolute Gasteiger partial charge is 0.371 e. The van der Waals surface area contributed by atoms with Gasteiger partial charge in [0.2, 0.25) is 0 Å². The minimum absolute atomic E-state index is 0.179. The first-order valence-corrected chi connectivity index (χ1v) is 6.76. The summed E-state index contributed by atoms with van der Waals surface area (Å²) in [6.45, 7) is 5.03. The van der Waals surface area contributed by atoms with Crippen LogP contribution >= 0.6 is 0 Å². The van der Waals surface area contributed by atoms with Crippen LogP contribution in [0.25, 0.3) is 0 Å². The molecule has 1 aromatic carbocycles. The van der Waals surface area contributed by atoms with Gasteiger partial charge in [-0.1, -0.05) is 6.07 Å². The highest BCUT2D eigenvalue weighted by molar-refractivity contribution is 5.58. The first kappa shape index (κ1) is 13.8. The lowest BCUT2D eigenvalue weighted by molar-refractivity contribution is -0.384. The Morgan fingerprint density at radius 2 is 2.11 bits per heavy atom. The summed E-state index contributed by atoms with van der Waals surface area (Å²) in [6.07, 6.45) is 2.28. The number of nitro groups is 1. The van der Waals surface area contributed by atoms with Crippen molar-refractivity contribution >= 4 is 11.4 Å². The molecule has 0 bridgehead atoms. The van der Waals surface area contributed by atoms with E-state index >= 15 is 0 Å². The van der Waals surface area contributed by atoms with Crippen LogP contribution in [0.4, 0.5) is 11.4 Å². The van der Waals surface area contributed by atoms with Crippen molar-refractivity contribution in [1.29, 1.82) is 0 Å². The maximum atomic E-state index is 10.9. The Bertz CT molecular complexity index is 454. The Hall–Kier alpha value is -1.62. The van der Waals surface area contributed by atoms with E-state index in [-0.39, 0.29) is 10.6 Å². The number of rotatable bonds is 4. The van der Waals surface area contributed by atoms with Gasteiger partial charge in [0, 0.05) is 30.9 Å². The molecule has 0 unspecified atom stereocenters. The monoisotopic (exact) mass is 263 g/mol. The maximum absolute atomic E-state index is 10.9. The van der Waals surface area contributed by atoms with E-state index in [1.54, 1.807) is 12.1 Å². The van der Waals surface area contributed by atoms with Crippen LogP contribution in [0.1, 0.15) is 18.4 Å². The summed E-state index contributed by atoms with van der Waals surface area (Å²) in [4.78, 5) is 12.8. The predicted octanol–water partition coefficient (Wildman–Crippen LogP) is 2.34. The molecule has 0 radical (unpaired) electrons. The Balaban J connectivity index is 2.10. The van der Waals surface area contributed by atoms with E-state index < -0.39 is 0 Å². The molecule has 5 nitrogen and oxygen atoms in total. The van der Waals surface area contributed by atoms with Crippen LogP contribution in [0, 0.1) is 23.0 Å². The quantitative estimate of drug-likeness (QED) is 0.669. The molecular formula is C14H21N3O2. The fourth-order valence-corrected chi connectivity index (χ4v) is 2.72. The van der Waals surface area contributed by atoms with Gasteiger partial charge >= 0.3 is 0 Å². The maximum Gasteiger partial charge on any atom is 0.271 e. The number of nitro benzene ring substituents is 1. The highest BCUT2D eigenvalue weighted by Crippen LogP contribution is 2.29. The average molecular weight is 263 g/mol. The third kappa shape index (κ3) is 3.23. The number of nitrogens with zero attached hydrogens (tertiary/aromatic N) is 2. The molecule has 1 aliphatic rings. The molecule has 0 aromatic heterocycles. The SMILES string of the molecule is CNCC1CCN(c2cc([N+](=O)[O-])ccc2C)CC1. The molecule has 0 amide bonds. The predicted molar refractivity (Wildman–Crippen MR) is 76.7 cm³/mol. The molecule has 19 heavy (non-hydrogen) atoms. The normalized spacial score (nSPS) is 16.6. The molecule has 0 atom stereocenters. The Labute approximate surface area is 113 Å². The van der Waals surface area contributed by atoms with Gasteiger partial charge in [0.05, 0.1) is 4.92 Å². The molecular weight excluding hydrogens is 242 g/mol. The number of nitrogens with one attached hydrogen (secondary N) is 1. The lowest BCUT2D eigenvalue weighted by Crippen LogP contribution is -2.37. The van der Waals surface area contributed by atoms with E-state index in [9.17, 15) is 10.1 Å². The van der Waals surface area contributed by atoms with Crippen LogP contribution in [-0.4, -0.2) is 31.6 Å². The van der Waals surface area contributed by atoms with Gasteiger partial charge in [-0.05, 0) is 44.8 Å². The minimum atomic E-state index is -0.323. The topological polar surface area (TPSA) is 58.4 Å². The number of piperidine rings is 1. The van der Waals surface area contributed by atoms with Crippen LogP contribution < -0.4 is 10.2 Å². The second kappa shape index (κ2) is 6.02. The zero-order valence-corrected chi connectivity index (χ0v) is 11.6. The molecule has 1 N–H and O–H groups in total. The van der Waals surface area contributed by atoms with E-state index in [2.05, 4.69) is 10.2 Å². The number of hydrogen-bond donors (Lipinski definition) is 1. The molecule has 1 fully saturated rings. The number of benzene rings is 1. The minimum Gasteiger partial charge on any atom is -0.371 e. The van der Waals surface area contributed by atoms with Gasteiger partial charge in [0.1, 0.15) is 0 Å². The third-order valence-corrected chi connectivity index (χ3v) is 3.85. The summed E-state index contributed by atoms with van der Waals surface area (Å²) in [5, 5.41) is 14.1. The van der Waals surface area contributed by atoms with Crippen LogP contribution in [0.5, 0.6) is 0 Å². The van der Waals surface area contributed by atoms with E-state index in [1.165, 1.54) is 0 Å². The van der Waals surface area contributed by atoms with Crippen LogP contribution in [0.3, 0.4) is 0 Å². The number of anilines is 1. The Morgan fingerprint density at radius 3 is 2.68 bits per heavy atom. The molecule has 0 aliphatic carbocycles. The van der Waals surface area contributed by atoms with E-state index in [0.29, 0.717) is 0 Å². The Morgan fingerprint density at radius 1 is 1.42 bits per heavy atom. The highest BCUT2D eigenvalue weighted by atomic mass is 16.6. The van der Waals surface area contributed by atoms with E-state index in [1.807, 2.05) is 20.0 Å². The molecule has 5 heteroatoms. The first-order chi connectivity index (χ1) is 9.11. The number of non-ortho nitro benzene ring substituents is 1. The molecule has 2 rings (SSSR count). The summed E-state index contributed by atoms with van der Waals surface area (Å²) < 4.78 is 0. The molecule has 0 spiro atoms. The molecule has 1 saturated heterocycles. The zero-order valence-electron chi connectivity index (χ0n) is 11.6. The van der Waals surface area contributed by atoms with Gasteiger partial charge in [-0.25, -0.2) is 0 Å². The van der Waals surface area contributed by atoms with Crippen molar-refractivity contribution in [2.45, 2.75) is 19.8 Å². The molecule has 0 saturated carbocycles. The first-order valence-electron chi connectivity index (χ1n) is 6.76. The van der Waals surface area contributed by atoms with Gasteiger partial charge in [-0.2, -0.15) is 0 Å². The smallest absolute Gasteiger partial charge is 0.271 e. The second-order valence-electron chi connectivity index (χ2n) is 5.22. The van der Waals surface area contributed by atoms with E-state index in [0.717, 1.165) is 49.6 Å². The number of hydrogen-bond acceptors (Lipinski definition) is 4. The van der Waals surface area contributed by atoms with Crippen molar-refractivity contribution in [3.8, 4) is 0 Å². The van der Waals surface area contributed by atoms with Crippen LogP contribution in [0.15, 0.2) is 18.2 Å². The fraction of sp³-hybridized carbons (Fsp3) is 0.571. The standard InChI is InChI=1S/C14H21N3O2/c1-11-3-4-13(17(18)19)9-14(11)16-7-5-12(6-8-16)10-15-2/h3-4,9,12,15H,5-8,10H2,1-2H3. The highest BCUT2D eigenvalue weighted by Gasteiger charge is 2.21. The van der Waals surface area contributed by atoms with Crippen molar-refractivity contribution in [2.24, 2.45) is 5.92 Å². The number of aryl methyl sites for hydroxylation is 1. The fourth-order valence-electron chi connectivity index (χ4n) is 2.72. The molecule has 1 aromatic rings.